The first kappa shape index (κ1) is 18.2. The second-order valence-electron chi connectivity index (χ2n) is 6.12. The van der Waals surface area contributed by atoms with Crippen LogP contribution >= 0.6 is 0 Å². The highest BCUT2D eigenvalue weighted by Crippen LogP contribution is 2.20. The van der Waals surface area contributed by atoms with Crippen molar-refractivity contribution in [3.8, 4) is 6.07 Å². The zero-order valence-electron chi connectivity index (χ0n) is 14.0. The van der Waals surface area contributed by atoms with Crippen LogP contribution in [0, 0.1) is 23.1 Å². The van der Waals surface area contributed by atoms with E-state index in [2.05, 4.69) is 14.7 Å². The molecule has 1 aliphatic heterocycles. The highest BCUT2D eigenvalue weighted by Gasteiger charge is 2.23. The number of sulfonamides is 1. The van der Waals surface area contributed by atoms with Crippen molar-refractivity contribution < 1.29 is 12.8 Å². The molecule has 9 heteroatoms. The van der Waals surface area contributed by atoms with Crippen molar-refractivity contribution in [2.45, 2.75) is 17.7 Å². The molecule has 1 N–H and O–H groups in total. The number of hydrogen-bond acceptors (Lipinski definition) is 6. The Balaban J connectivity index is 1.52. The van der Waals surface area contributed by atoms with Gasteiger partial charge in [-0.05, 0) is 43.0 Å². The molecular formula is C17H18FN5O2S. The molecule has 2 heterocycles. The lowest BCUT2D eigenvalue weighted by molar-refractivity contribution is 0.398. The van der Waals surface area contributed by atoms with Crippen molar-refractivity contribution in [2.75, 3.05) is 24.5 Å². The summed E-state index contributed by atoms with van der Waals surface area (Å²) in [5, 5.41) is 8.78. The zero-order valence-corrected chi connectivity index (χ0v) is 14.8. The first-order valence-corrected chi connectivity index (χ1v) is 9.68. The van der Waals surface area contributed by atoms with Gasteiger partial charge >= 0.3 is 0 Å². The monoisotopic (exact) mass is 375 g/mol. The molecule has 1 aromatic carbocycles. The summed E-state index contributed by atoms with van der Waals surface area (Å²) in [6.07, 6.45) is 3.85. The number of nitrogens with zero attached hydrogens (tertiary/aromatic N) is 4. The number of hydrogen-bond donors (Lipinski definition) is 1. The first-order chi connectivity index (χ1) is 12.5. The largest absolute Gasteiger partial charge is 0.341 e. The standard InChI is InChI=1S/C17H18FN5O2S/c18-15-11-20-17(21-12-15)23-7-5-14(6-8-23)10-22-26(24,25)16-3-1-13(9-19)2-4-16/h1-4,11-12,14,22H,5-8,10H2. The Hall–Kier alpha value is -2.57. The highest BCUT2D eigenvalue weighted by molar-refractivity contribution is 7.89. The van der Waals surface area contributed by atoms with Crippen LogP contribution in [0.4, 0.5) is 10.3 Å². The van der Waals surface area contributed by atoms with E-state index in [-0.39, 0.29) is 10.8 Å². The van der Waals surface area contributed by atoms with Crippen LogP contribution in [0.25, 0.3) is 0 Å². The molecule has 0 amide bonds. The van der Waals surface area contributed by atoms with Crippen LogP contribution in [0.2, 0.25) is 0 Å². The van der Waals surface area contributed by atoms with E-state index >= 15 is 0 Å². The lowest BCUT2D eigenvalue weighted by atomic mass is 9.97. The van der Waals surface area contributed by atoms with Crippen LogP contribution < -0.4 is 9.62 Å². The van der Waals surface area contributed by atoms with E-state index in [1.54, 1.807) is 0 Å². The average Bonchev–Trinajstić information content (AvgIpc) is 2.67. The molecule has 0 spiro atoms. The van der Waals surface area contributed by atoms with Crippen LogP contribution in [0.3, 0.4) is 0 Å². The molecule has 1 aromatic heterocycles. The van der Waals surface area contributed by atoms with Crippen LogP contribution in [0.15, 0.2) is 41.6 Å². The fourth-order valence-corrected chi connectivity index (χ4v) is 3.94. The molecule has 7 nitrogen and oxygen atoms in total. The van der Waals surface area contributed by atoms with Gasteiger partial charge < -0.3 is 4.90 Å². The number of anilines is 1. The maximum Gasteiger partial charge on any atom is 0.240 e. The molecular weight excluding hydrogens is 357 g/mol. The topological polar surface area (TPSA) is 99.0 Å². The smallest absolute Gasteiger partial charge is 0.240 e. The summed E-state index contributed by atoms with van der Waals surface area (Å²) < 4.78 is 40.2. The lowest BCUT2D eigenvalue weighted by Gasteiger charge is -2.31. The third-order valence-corrected chi connectivity index (χ3v) is 5.80. The number of nitriles is 1. The van der Waals surface area contributed by atoms with E-state index in [9.17, 15) is 12.8 Å². The Kier molecular flexibility index (Phi) is 5.44. The number of aromatic nitrogens is 2. The van der Waals surface area contributed by atoms with Gasteiger partial charge in [-0.25, -0.2) is 27.5 Å². The Labute approximate surface area is 151 Å². The summed E-state index contributed by atoms with van der Waals surface area (Å²) in [5.74, 6) is 0.226. The summed E-state index contributed by atoms with van der Waals surface area (Å²) in [5.41, 5.74) is 0.416. The Morgan fingerprint density at radius 2 is 1.81 bits per heavy atom. The molecule has 0 radical (unpaired) electrons. The minimum atomic E-state index is -3.59. The van der Waals surface area contributed by atoms with Gasteiger partial charge in [0.15, 0.2) is 5.82 Å². The maximum atomic E-state index is 12.9. The summed E-state index contributed by atoms with van der Waals surface area (Å²) in [6, 6.07) is 7.77. The molecule has 1 fully saturated rings. The Morgan fingerprint density at radius 3 is 2.38 bits per heavy atom. The van der Waals surface area contributed by atoms with Crippen molar-refractivity contribution in [3.05, 3.63) is 48.0 Å². The first-order valence-electron chi connectivity index (χ1n) is 8.20. The van der Waals surface area contributed by atoms with Crippen LogP contribution in [0.1, 0.15) is 18.4 Å². The van der Waals surface area contributed by atoms with Gasteiger partial charge in [-0.15, -0.1) is 0 Å². The number of benzene rings is 1. The normalized spacial score (nSPS) is 15.6. The van der Waals surface area contributed by atoms with Gasteiger partial charge in [0.25, 0.3) is 0 Å². The van der Waals surface area contributed by atoms with Gasteiger partial charge in [0.05, 0.1) is 28.9 Å². The summed E-state index contributed by atoms with van der Waals surface area (Å²) in [4.78, 5) is 10.1. The number of nitrogens with one attached hydrogen (secondary N) is 1. The molecule has 0 saturated carbocycles. The van der Waals surface area contributed by atoms with Crippen molar-refractivity contribution in [2.24, 2.45) is 5.92 Å². The van der Waals surface area contributed by atoms with Gasteiger partial charge in [0.2, 0.25) is 16.0 Å². The van der Waals surface area contributed by atoms with E-state index in [1.807, 2.05) is 11.0 Å². The van der Waals surface area contributed by atoms with E-state index in [1.165, 1.54) is 24.3 Å². The van der Waals surface area contributed by atoms with Crippen LogP contribution in [0.5, 0.6) is 0 Å². The van der Waals surface area contributed by atoms with Gasteiger partial charge in [-0.2, -0.15) is 5.26 Å². The van der Waals surface area contributed by atoms with Crippen molar-refractivity contribution in [1.29, 1.82) is 5.26 Å². The predicted molar refractivity (Wildman–Crippen MR) is 93.3 cm³/mol. The molecule has 0 aliphatic carbocycles. The fraction of sp³-hybridized carbons (Fsp3) is 0.353. The van der Waals surface area contributed by atoms with E-state index in [4.69, 9.17) is 5.26 Å². The zero-order chi connectivity index (χ0) is 18.6. The quantitative estimate of drug-likeness (QED) is 0.854. The molecule has 1 aliphatic rings. The maximum absolute atomic E-state index is 12.9. The second kappa shape index (κ2) is 7.76. The summed E-state index contributed by atoms with van der Waals surface area (Å²) in [7, 11) is -3.59. The summed E-state index contributed by atoms with van der Waals surface area (Å²) in [6.45, 7) is 1.73. The van der Waals surface area contributed by atoms with Gasteiger partial charge in [0.1, 0.15) is 0 Å². The Bertz CT molecular complexity index is 886. The van der Waals surface area contributed by atoms with Crippen LogP contribution in [-0.2, 0) is 10.0 Å². The Morgan fingerprint density at radius 1 is 1.19 bits per heavy atom. The van der Waals surface area contributed by atoms with E-state index in [0.29, 0.717) is 31.1 Å². The fourth-order valence-electron chi connectivity index (χ4n) is 2.83. The SMILES string of the molecule is N#Cc1ccc(S(=O)(=O)NCC2CCN(c3ncc(F)cn3)CC2)cc1. The number of rotatable bonds is 5. The van der Waals surface area contributed by atoms with Crippen molar-refractivity contribution >= 4 is 16.0 Å². The molecule has 0 bridgehead atoms. The van der Waals surface area contributed by atoms with E-state index in [0.717, 1.165) is 25.2 Å². The minimum absolute atomic E-state index is 0.147. The summed E-state index contributed by atoms with van der Waals surface area (Å²) >= 11 is 0. The van der Waals surface area contributed by atoms with Crippen LogP contribution in [-0.4, -0.2) is 38.0 Å². The van der Waals surface area contributed by atoms with E-state index < -0.39 is 15.8 Å². The highest BCUT2D eigenvalue weighted by atomic mass is 32.2. The number of piperidine rings is 1. The van der Waals surface area contributed by atoms with Gasteiger partial charge in [0, 0.05) is 19.6 Å². The molecule has 0 unspecified atom stereocenters. The molecule has 136 valence electrons. The average molecular weight is 375 g/mol. The third-order valence-electron chi connectivity index (χ3n) is 4.36. The van der Waals surface area contributed by atoms with Crippen molar-refractivity contribution in [3.63, 3.8) is 0 Å². The van der Waals surface area contributed by atoms with Crippen molar-refractivity contribution in [1.82, 2.24) is 14.7 Å². The minimum Gasteiger partial charge on any atom is -0.341 e. The lowest BCUT2D eigenvalue weighted by Crippen LogP contribution is -2.39. The molecule has 1 saturated heterocycles. The second-order valence-corrected chi connectivity index (χ2v) is 7.89. The third kappa shape index (κ3) is 4.33. The number of halogens is 1. The van der Waals surface area contributed by atoms with Gasteiger partial charge in [-0.3, -0.25) is 0 Å². The molecule has 0 atom stereocenters. The van der Waals surface area contributed by atoms with Gasteiger partial charge in [-0.1, -0.05) is 0 Å². The molecule has 3 rings (SSSR count). The molecule has 26 heavy (non-hydrogen) atoms. The molecule has 2 aromatic rings. The predicted octanol–water partition coefficient (Wildman–Crippen LogP) is 1.68.